The lowest BCUT2D eigenvalue weighted by atomic mass is 9.86. The van der Waals surface area contributed by atoms with Crippen molar-refractivity contribution in [3.05, 3.63) is 48.2 Å². The number of rotatable bonds is 6. The Labute approximate surface area is 158 Å². The van der Waals surface area contributed by atoms with Crippen molar-refractivity contribution in [2.45, 2.75) is 32.1 Å². The van der Waals surface area contributed by atoms with Gasteiger partial charge in [-0.3, -0.25) is 9.59 Å². The van der Waals surface area contributed by atoms with Crippen LogP contribution in [0.25, 0.3) is 0 Å². The molecule has 0 aliphatic heterocycles. The minimum Gasteiger partial charge on any atom is -0.439 e. The summed E-state index contributed by atoms with van der Waals surface area (Å²) in [6, 6.07) is 10.0. The van der Waals surface area contributed by atoms with E-state index in [1.54, 1.807) is 42.6 Å². The number of amides is 2. The van der Waals surface area contributed by atoms with E-state index in [1.807, 2.05) is 0 Å². The normalized spacial score (nSPS) is 23.2. The molecule has 0 spiro atoms. The van der Waals surface area contributed by atoms with Crippen LogP contribution in [0, 0.1) is 17.8 Å². The van der Waals surface area contributed by atoms with Gasteiger partial charge in [0.1, 0.15) is 5.75 Å². The fraction of sp³-hybridized carbons (Fsp3) is 0.381. The Morgan fingerprint density at radius 3 is 2.74 bits per heavy atom. The van der Waals surface area contributed by atoms with Crippen LogP contribution >= 0.6 is 0 Å². The number of anilines is 1. The second kappa shape index (κ2) is 7.39. The summed E-state index contributed by atoms with van der Waals surface area (Å²) >= 11 is 0. The largest absolute Gasteiger partial charge is 0.439 e. The number of benzene rings is 1. The average Bonchev–Trinajstić information content (AvgIpc) is 3.26. The number of carbonyl (C=O) groups is 2. The number of pyridine rings is 1. The first kappa shape index (κ1) is 17.5. The van der Waals surface area contributed by atoms with Crippen LogP contribution in [-0.2, 0) is 4.79 Å². The zero-order valence-corrected chi connectivity index (χ0v) is 15.1. The van der Waals surface area contributed by atoms with E-state index in [0.717, 1.165) is 11.8 Å². The molecule has 1 heterocycles. The number of hydrogen-bond acceptors (Lipinski definition) is 4. The van der Waals surface area contributed by atoms with Gasteiger partial charge in [-0.25, -0.2) is 4.98 Å². The van der Waals surface area contributed by atoms with Crippen molar-refractivity contribution in [2.75, 3.05) is 5.32 Å². The molecule has 2 bridgehead atoms. The molecule has 2 fully saturated rings. The van der Waals surface area contributed by atoms with E-state index in [-0.39, 0.29) is 5.91 Å². The zero-order chi connectivity index (χ0) is 18.8. The van der Waals surface area contributed by atoms with Gasteiger partial charge in [0, 0.05) is 18.1 Å². The first-order valence-electron chi connectivity index (χ1n) is 9.40. The Bertz CT molecular complexity index is 850. The number of hydrogen-bond donors (Lipinski definition) is 2. The third-order valence-corrected chi connectivity index (χ3v) is 5.69. The van der Waals surface area contributed by atoms with Crippen molar-refractivity contribution in [3.63, 3.8) is 0 Å². The highest BCUT2D eigenvalue weighted by molar-refractivity contribution is 5.93. The van der Waals surface area contributed by atoms with Crippen molar-refractivity contribution >= 4 is 17.5 Å². The van der Waals surface area contributed by atoms with Gasteiger partial charge >= 0.3 is 0 Å². The standard InChI is InChI=1S/C21H23N3O3/c22-21(26)15-2-1-3-18(10-15)27-20-7-6-17(12-23-20)24-19(25)11-16-9-13-4-5-14(16)8-13/h1-3,6-7,10,12-14,16H,4-5,8-9,11H2,(H2,22,26)(H,24,25). The predicted octanol–water partition coefficient (Wildman–Crippen LogP) is 3.74. The zero-order valence-electron chi connectivity index (χ0n) is 15.1. The SMILES string of the molecule is NC(=O)c1cccc(Oc2ccc(NC(=O)CC3CC4CCC3C4)cn2)c1. The van der Waals surface area contributed by atoms with Crippen molar-refractivity contribution in [3.8, 4) is 11.6 Å². The van der Waals surface area contributed by atoms with E-state index in [2.05, 4.69) is 10.3 Å². The Morgan fingerprint density at radius 1 is 1.19 bits per heavy atom. The highest BCUT2D eigenvalue weighted by atomic mass is 16.5. The molecule has 4 rings (SSSR count). The number of primary amides is 1. The second-order valence-corrected chi connectivity index (χ2v) is 7.57. The molecule has 1 aromatic carbocycles. The van der Waals surface area contributed by atoms with E-state index >= 15 is 0 Å². The maximum absolute atomic E-state index is 12.3. The molecule has 3 unspecified atom stereocenters. The fourth-order valence-corrected chi connectivity index (χ4v) is 4.42. The number of nitrogens with two attached hydrogens (primary N) is 1. The van der Waals surface area contributed by atoms with Crippen LogP contribution in [0.1, 0.15) is 42.5 Å². The molecule has 27 heavy (non-hydrogen) atoms. The van der Waals surface area contributed by atoms with Gasteiger partial charge in [-0.2, -0.15) is 0 Å². The summed E-state index contributed by atoms with van der Waals surface area (Å²) in [5.41, 5.74) is 6.30. The van der Waals surface area contributed by atoms with Gasteiger partial charge in [-0.15, -0.1) is 0 Å². The lowest BCUT2D eigenvalue weighted by Gasteiger charge is -2.20. The van der Waals surface area contributed by atoms with Crippen LogP contribution in [-0.4, -0.2) is 16.8 Å². The van der Waals surface area contributed by atoms with E-state index < -0.39 is 5.91 Å². The number of nitrogens with one attached hydrogen (secondary N) is 1. The van der Waals surface area contributed by atoms with Gasteiger partial charge in [-0.05, 0) is 61.3 Å². The van der Waals surface area contributed by atoms with Gasteiger partial charge < -0.3 is 15.8 Å². The summed E-state index contributed by atoms with van der Waals surface area (Å²) < 4.78 is 5.64. The molecule has 3 atom stereocenters. The Hall–Kier alpha value is -2.89. The summed E-state index contributed by atoms with van der Waals surface area (Å²) in [4.78, 5) is 27.8. The molecule has 6 nitrogen and oxygen atoms in total. The Morgan fingerprint density at radius 2 is 2.07 bits per heavy atom. The molecule has 3 N–H and O–H groups in total. The number of aromatic nitrogens is 1. The van der Waals surface area contributed by atoms with E-state index in [9.17, 15) is 9.59 Å². The van der Waals surface area contributed by atoms with Crippen LogP contribution in [0.4, 0.5) is 5.69 Å². The number of fused-ring (bicyclic) bond motifs is 2. The van der Waals surface area contributed by atoms with Gasteiger partial charge in [0.05, 0.1) is 11.9 Å². The maximum Gasteiger partial charge on any atom is 0.248 e. The van der Waals surface area contributed by atoms with Crippen molar-refractivity contribution < 1.29 is 14.3 Å². The van der Waals surface area contributed by atoms with Crippen molar-refractivity contribution in [2.24, 2.45) is 23.5 Å². The lowest BCUT2D eigenvalue weighted by molar-refractivity contribution is -0.117. The summed E-state index contributed by atoms with van der Waals surface area (Å²) in [5.74, 6) is 2.52. The molecule has 2 aliphatic rings. The summed E-state index contributed by atoms with van der Waals surface area (Å²) in [5, 5.41) is 2.93. The topological polar surface area (TPSA) is 94.3 Å². The fourth-order valence-electron chi connectivity index (χ4n) is 4.42. The van der Waals surface area contributed by atoms with Gasteiger partial charge in [0.2, 0.25) is 17.7 Å². The quantitative estimate of drug-likeness (QED) is 0.815. The van der Waals surface area contributed by atoms with Crippen LogP contribution in [0.5, 0.6) is 11.6 Å². The van der Waals surface area contributed by atoms with Gasteiger partial charge in [0.25, 0.3) is 0 Å². The third-order valence-electron chi connectivity index (χ3n) is 5.69. The van der Waals surface area contributed by atoms with E-state index in [1.165, 1.54) is 25.7 Å². The highest BCUT2D eigenvalue weighted by Gasteiger charge is 2.40. The van der Waals surface area contributed by atoms with Crippen LogP contribution in [0.3, 0.4) is 0 Å². The molecule has 2 aromatic rings. The predicted molar refractivity (Wildman–Crippen MR) is 101 cm³/mol. The number of nitrogens with zero attached hydrogens (tertiary/aromatic N) is 1. The lowest BCUT2D eigenvalue weighted by Crippen LogP contribution is -2.20. The minimum atomic E-state index is -0.512. The summed E-state index contributed by atoms with van der Waals surface area (Å²) in [6.07, 6.45) is 7.31. The monoisotopic (exact) mass is 365 g/mol. The minimum absolute atomic E-state index is 0.0529. The molecule has 2 aliphatic carbocycles. The van der Waals surface area contributed by atoms with Crippen LogP contribution in [0.2, 0.25) is 0 Å². The average molecular weight is 365 g/mol. The van der Waals surface area contributed by atoms with Gasteiger partial charge in [-0.1, -0.05) is 12.5 Å². The van der Waals surface area contributed by atoms with Crippen molar-refractivity contribution in [1.29, 1.82) is 0 Å². The van der Waals surface area contributed by atoms with E-state index in [4.69, 9.17) is 10.5 Å². The number of carbonyl (C=O) groups excluding carboxylic acids is 2. The van der Waals surface area contributed by atoms with E-state index in [0.29, 0.717) is 35.2 Å². The molecule has 0 saturated heterocycles. The molecular weight excluding hydrogens is 342 g/mol. The Kier molecular flexibility index (Phi) is 4.79. The Balaban J connectivity index is 1.32. The maximum atomic E-state index is 12.3. The van der Waals surface area contributed by atoms with Crippen molar-refractivity contribution in [1.82, 2.24) is 4.98 Å². The third kappa shape index (κ3) is 4.10. The molecule has 2 amide bonds. The molecule has 2 saturated carbocycles. The molecule has 140 valence electrons. The highest BCUT2D eigenvalue weighted by Crippen LogP contribution is 2.49. The summed E-state index contributed by atoms with van der Waals surface area (Å²) in [6.45, 7) is 0. The molecular formula is C21H23N3O3. The second-order valence-electron chi connectivity index (χ2n) is 7.57. The first-order valence-corrected chi connectivity index (χ1v) is 9.40. The molecule has 0 radical (unpaired) electrons. The smallest absolute Gasteiger partial charge is 0.248 e. The first-order chi connectivity index (χ1) is 13.1. The summed E-state index contributed by atoms with van der Waals surface area (Å²) in [7, 11) is 0. The van der Waals surface area contributed by atoms with Crippen LogP contribution in [0.15, 0.2) is 42.6 Å². The van der Waals surface area contributed by atoms with Crippen LogP contribution < -0.4 is 15.8 Å². The van der Waals surface area contributed by atoms with Gasteiger partial charge in [0.15, 0.2) is 0 Å². The number of ether oxygens (including phenoxy) is 1. The molecule has 6 heteroatoms. The molecule has 1 aromatic heterocycles.